The third kappa shape index (κ3) is 5.35. The van der Waals surface area contributed by atoms with Gasteiger partial charge in [0.1, 0.15) is 6.10 Å². The number of nitrogens with one attached hydrogen (secondary N) is 1. The summed E-state index contributed by atoms with van der Waals surface area (Å²) in [5.74, 6) is 4.77. The summed E-state index contributed by atoms with van der Waals surface area (Å²) in [6.07, 6.45) is 13.5. The molecule has 36 heavy (non-hydrogen) atoms. The van der Waals surface area contributed by atoms with E-state index in [0.29, 0.717) is 17.3 Å². The first-order valence-corrected chi connectivity index (χ1v) is 15.2. The SMILES string of the molecule is CC(=O)O[C@H]1CC[C@@]2(C)[C@H](C1)/C(=N\NC(N)=S)C[C@@H]1[C@@H]2CC[C@]2(C)[C@@H]([C@H](C)CCCC(C)C)CC[C@@H]12. The second-order valence-corrected chi connectivity index (χ2v) is 14.2. The number of hydrogen-bond donors (Lipinski definition) is 2. The van der Waals surface area contributed by atoms with Gasteiger partial charge in [-0.3, -0.25) is 10.2 Å². The molecule has 0 bridgehead atoms. The number of carbonyl (C=O) groups excluding carboxylic acids is 1. The molecule has 4 aliphatic rings. The van der Waals surface area contributed by atoms with Gasteiger partial charge in [0.05, 0.1) is 0 Å². The molecule has 0 aliphatic heterocycles. The molecule has 0 amide bonds. The molecule has 4 rings (SSSR count). The van der Waals surface area contributed by atoms with Crippen LogP contribution in [0.4, 0.5) is 0 Å². The van der Waals surface area contributed by atoms with Crippen LogP contribution < -0.4 is 11.2 Å². The van der Waals surface area contributed by atoms with Crippen LogP contribution in [0.15, 0.2) is 5.10 Å². The first kappa shape index (κ1) is 27.9. The highest BCUT2D eigenvalue weighted by Gasteiger charge is 2.62. The molecule has 0 spiro atoms. The van der Waals surface area contributed by atoms with E-state index in [1.54, 1.807) is 0 Å². The molecular weight excluding hydrogens is 466 g/mol. The normalized spacial score (nSPS) is 41.8. The van der Waals surface area contributed by atoms with Crippen LogP contribution in [0.1, 0.15) is 112 Å². The zero-order valence-electron chi connectivity index (χ0n) is 23.6. The Hall–Kier alpha value is -1.17. The van der Waals surface area contributed by atoms with E-state index in [2.05, 4.69) is 40.0 Å². The van der Waals surface area contributed by atoms with Crippen LogP contribution in [0.5, 0.6) is 0 Å². The van der Waals surface area contributed by atoms with Gasteiger partial charge in [-0.25, -0.2) is 0 Å². The second-order valence-electron chi connectivity index (χ2n) is 13.8. The summed E-state index contributed by atoms with van der Waals surface area (Å²) in [4.78, 5) is 11.7. The third-order valence-corrected chi connectivity index (χ3v) is 11.4. The summed E-state index contributed by atoms with van der Waals surface area (Å²) < 4.78 is 5.70. The minimum absolute atomic E-state index is 0.0106. The van der Waals surface area contributed by atoms with Crippen molar-refractivity contribution in [2.24, 2.45) is 63.1 Å². The van der Waals surface area contributed by atoms with Crippen molar-refractivity contribution in [3.63, 3.8) is 0 Å². The highest BCUT2D eigenvalue weighted by Crippen LogP contribution is 2.68. The van der Waals surface area contributed by atoms with E-state index >= 15 is 0 Å². The first-order chi connectivity index (χ1) is 17.0. The molecule has 4 saturated carbocycles. The van der Waals surface area contributed by atoms with Crippen LogP contribution in [0.25, 0.3) is 0 Å². The lowest BCUT2D eigenvalue weighted by molar-refractivity contribution is -0.153. The smallest absolute Gasteiger partial charge is 0.302 e. The number of hydrazone groups is 1. The molecule has 0 saturated heterocycles. The number of rotatable bonds is 7. The Bertz CT molecular complexity index is 859. The van der Waals surface area contributed by atoms with E-state index in [4.69, 9.17) is 27.8 Å². The standard InChI is InChI=1S/C30H51N3O2S/c1-18(2)8-7-9-19(3)23-10-11-24-22-17-27(32-33-28(31)36)26-16-21(35-20(4)34)12-14-30(26,6)25(22)13-15-29(23,24)5/h18-19,21-26H,7-17H2,1-6H3,(H3,31,33,36)/b32-27-/t19-,21+,22+,23-,24+,25+,26-,29-,30-/m1/s1. The maximum atomic E-state index is 11.7. The second kappa shape index (κ2) is 10.9. The van der Waals surface area contributed by atoms with E-state index in [-0.39, 0.29) is 22.6 Å². The van der Waals surface area contributed by atoms with Crippen molar-refractivity contribution in [3.05, 3.63) is 0 Å². The summed E-state index contributed by atoms with van der Waals surface area (Å²) in [6.45, 7) is 13.9. The van der Waals surface area contributed by atoms with Crippen molar-refractivity contribution >= 4 is 29.0 Å². The van der Waals surface area contributed by atoms with Crippen LogP contribution in [0, 0.1) is 52.3 Å². The summed E-state index contributed by atoms with van der Waals surface area (Å²) in [5, 5.41) is 5.05. The van der Waals surface area contributed by atoms with Crippen molar-refractivity contribution in [3.8, 4) is 0 Å². The summed E-state index contributed by atoms with van der Waals surface area (Å²) >= 11 is 5.11. The number of carbonyl (C=O) groups is 1. The number of nitrogens with zero attached hydrogens (tertiary/aromatic N) is 1. The van der Waals surface area contributed by atoms with Crippen LogP contribution >= 0.6 is 12.2 Å². The molecule has 0 aromatic rings. The van der Waals surface area contributed by atoms with Crippen molar-refractivity contribution < 1.29 is 9.53 Å². The molecule has 4 fully saturated rings. The molecule has 4 aliphatic carbocycles. The zero-order valence-corrected chi connectivity index (χ0v) is 24.5. The van der Waals surface area contributed by atoms with Gasteiger partial charge in [-0.1, -0.05) is 53.9 Å². The molecule has 204 valence electrons. The summed E-state index contributed by atoms with van der Waals surface area (Å²) in [6, 6.07) is 0. The maximum Gasteiger partial charge on any atom is 0.302 e. The Labute approximate surface area is 225 Å². The molecule has 5 nitrogen and oxygen atoms in total. The number of nitrogens with two attached hydrogens (primary N) is 1. The monoisotopic (exact) mass is 517 g/mol. The van der Waals surface area contributed by atoms with Crippen molar-refractivity contribution in [1.82, 2.24) is 5.43 Å². The fraction of sp³-hybridized carbons (Fsp3) is 0.900. The lowest BCUT2D eigenvalue weighted by Gasteiger charge is -2.61. The molecular formula is C30H51N3O2S. The molecule has 3 N–H and O–H groups in total. The van der Waals surface area contributed by atoms with Crippen molar-refractivity contribution in [1.29, 1.82) is 0 Å². The van der Waals surface area contributed by atoms with Gasteiger partial charge in [-0.05, 0) is 110 Å². The summed E-state index contributed by atoms with van der Waals surface area (Å²) in [7, 11) is 0. The number of esters is 1. The van der Waals surface area contributed by atoms with Crippen molar-refractivity contribution in [2.75, 3.05) is 0 Å². The predicted octanol–water partition coefficient (Wildman–Crippen LogP) is 6.84. The number of thiocarbonyl (C=S) groups is 1. The van der Waals surface area contributed by atoms with Crippen LogP contribution in [-0.4, -0.2) is 22.9 Å². The van der Waals surface area contributed by atoms with Gasteiger partial charge in [0.15, 0.2) is 5.11 Å². The molecule has 9 atom stereocenters. The Morgan fingerprint density at radius 2 is 1.81 bits per heavy atom. The molecule has 0 heterocycles. The van der Waals surface area contributed by atoms with Gasteiger partial charge in [0.2, 0.25) is 0 Å². The largest absolute Gasteiger partial charge is 0.463 e. The first-order valence-electron chi connectivity index (χ1n) is 14.7. The summed E-state index contributed by atoms with van der Waals surface area (Å²) in [5.41, 5.74) is 10.6. The quantitative estimate of drug-likeness (QED) is 0.220. The van der Waals surface area contributed by atoms with Crippen LogP contribution in [0.2, 0.25) is 0 Å². The fourth-order valence-corrected chi connectivity index (χ4v) is 9.69. The van der Waals surface area contributed by atoms with Gasteiger partial charge in [-0.2, -0.15) is 5.10 Å². The Morgan fingerprint density at radius 3 is 2.47 bits per heavy atom. The average Bonchev–Trinajstić information content (AvgIpc) is 3.14. The average molecular weight is 518 g/mol. The van der Waals surface area contributed by atoms with Gasteiger partial charge < -0.3 is 10.5 Å². The highest BCUT2D eigenvalue weighted by molar-refractivity contribution is 7.80. The maximum absolute atomic E-state index is 11.7. The van der Waals surface area contributed by atoms with Gasteiger partial charge in [0, 0.05) is 18.6 Å². The third-order valence-electron chi connectivity index (χ3n) is 11.3. The fourth-order valence-electron chi connectivity index (χ4n) is 9.65. The number of ether oxygens (including phenoxy) is 1. The van der Waals surface area contributed by atoms with E-state index in [1.165, 1.54) is 57.6 Å². The van der Waals surface area contributed by atoms with Crippen molar-refractivity contribution in [2.45, 2.75) is 118 Å². The zero-order chi connectivity index (χ0) is 26.3. The van der Waals surface area contributed by atoms with Crippen LogP contribution in [0.3, 0.4) is 0 Å². The van der Waals surface area contributed by atoms with E-state index in [1.807, 2.05) is 0 Å². The number of hydrogen-bond acceptors (Lipinski definition) is 4. The minimum Gasteiger partial charge on any atom is -0.463 e. The lowest BCUT2D eigenvalue weighted by atomic mass is 9.44. The van der Waals surface area contributed by atoms with Gasteiger partial charge in [-0.15, -0.1) is 0 Å². The number of fused-ring (bicyclic) bond motifs is 5. The Balaban J connectivity index is 1.57. The molecule has 0 unspecified atom stereocenters. The molecule has 0 radical (unpaired) electrons. The topological polar surface area (TPSA) is 76.7 Å². The molecule has 0 aromatic carbocycles. The lowest BCUT2D eigenvalue weighted by Crippen LogP contribution is -2.57. The Morgan fingerprint density at radius 1 is 1.11 bits per heavy atom. The predicted molar refractivity (Wildman–Crippen MR) is 151 cm³/mol. The van der Waals surface area contributed by atoms with E-state index in [9.17, 15) is 4.79 Å². The van der Waals surface area contributed by atoms with Gasteiger partial charge in [0.25, 0.3) is 0 Å². The molecule has 6 heteroatoms. The highest BCUT2D eigenvalue weighted by atomic mass is 32.1. The van der Waals surface area contributed by atoms with E-state index in [0.717, 1.165) is 55.3 Å². The van der Waals surface area contributed by atoms with Crippen LogP contribution in [-0.2, 0) is 9.53 Å². The Kier molecular flexibility index (Phi) is 8.44. The van der Waals surface area contributed by atoms with E-state index < -0.39 is 0 Å². The minimum atomic E-state index is -0.176. The molecule has 0 aromatic heterocycles. The van der Waals surface area contributed by atoms with Gasteiger partial charge >= 0.3 is 5.97 Å².